The fraction of sp³-hybridized carbons (Fsp3) is 0.279. The van der Waals surface area contributed by atoms with E-state index in [1.807, 2.05) is 73.3 Å². The van der Waals surface area contributed by atoms with Gasteiger partial charge in [0.15, 0.2) is 28.2 Å². The molecule has 656 valence electrons. The SMILES string of the molecule is CC(O)c1cccc(-c2cc(-c3cnc4ccc(C(F)F)nn34)ncn2)c1.CC1COC(CO)CN1c1cc(-c2cnc3ccc(C(F)F)nn23)ncn1.Cc1cc(CO)cc(-c2cc(-c3cnc4ccc(C(F)F)nn34)ncn2)c1.FC(F)c1ccc2ncc(-c3cc(C4CCCNC4)ncn3)n2n1.FC(F)c1ccc2ncc(-c3cc(C4CCNC4)ncn3)n2n1. The molecule has 2 aromatic carbocycles. The van der Waals surface area contributed by atoms with Crippen LogP contribution in [0.25, 0.3) is 108 Å². The first-order chi connectivity index (χ1) is 62.1. The number of nitrogens with zero attached hydrogens (tertiary/aromatic N) is 26. The lowest BCUT2D eigenvalue weighted by Crippen LogP contribution is -2.50. The predicted octanol–water partition coefficient (Wildman–Crippen LogP) is 13.9. The van der Waals surface area contributed by atoms with Crippen molar-refractivity contribution in [2.45, 2.75) is 109 Å². The van der Waals surface area contributed by atoms with Gasteiger partial charge in [0.05, 0.1) is 109 Å². The van der Waals surface area contributed by atoms with Crippen LogP contribution in [0.2, 0.25) is 0 Å². The summed E-state index contributed by atoms with van der Waals surface area (Å²) in [5.74, 6) is 1.35. The molecule has 42 heteroatoms. The Balaban J connectivity index is 0.000000118. The highest BCUT2D eigenvalue weighted by molar-refractivity contribution is 5.71. The number of aliphatic hydroxyl groups is 3. The number of nitrogens with one attached hydrogen (secondary N) is 2. The molecule has 17 aromatic rings. The molecule has 18 heterocycles. The van der Waals surface area contributed by atoms with Crippen molar-refractivity contribution in [2.75, 3.05) is 50.8 Å². The predicted molar refractivity (Wildman–Crippen MR) is 446 cm³/mol. The molecule has 0 spiro atoms. The zero-order chi connectivity index (χ0) is 89.2. The Kier molecular flexibility index (Phi) is 26.7. The highest BCUT2D eigenvalue weighted by atomic mass is 19.3. The van der Waals surface area contributed by atoms with Gasteiger partial charge in [0, 0.05) is 60.1 Å². The molecule has 128 heavy (non-hydrogen) atoms. The number of hydrogen-bond acceptors (Lipinski definition) is 27. The third-order valence-electron chi connectivity index (χ3n) is 21.2. The summed E-state index contributed by atoms with van der Waals surface area (Å²) in [7, 11) is 0. The van der Waals surface area contributed by atoms with Crippen LogP contribution in [0.15, 0.2) is 196 Å². The van der Waals surface area contributed by atoms with Gasteiger partial charge in [-0.3, -0.25) is 0 Å². The van der Waals surface area contributed by atoms with Crippen LogP contribution in [0.1, 0.15) is 140 Å². The third-order valence-corrected chi connectivity index (χ3v) is 21.2. The first-order valence-electron chi connectivity index (χ1n) is 40.3. The molecule has 3 aliphatic heterocycles. The number of benzene rings is 2. The highest BCUT2D eigenvalue weighted by Crippen LogP contribution is 2.34. The number of imidazole rings is 5. The average Bonchev–Trinajstić information content (AvgIpc) is 1.65. The summed E-state index contributed by atoms with van der Waals surface area (Å²) in [6.07, 6.45) is 4.10. The molecule has 0 aliphatic carbocycles. The van der Waals surface area contributed by atoms with E-state index in [0.29, 0.717) is 127 Å². The number of ether oxygens (including phenoxy) is 1. The highest BCUT2D eigenvalue weighted by Gasteiger charge is 2.29. The van der Waals surface area contributed by atoms with Gasteiger partial charge < -0.3 is 35.6 Å². The van der Waals surface area contributed by atoms with Gasteiger partial charge in [-0.1, -0.05) is 29.8 Å². The summed E-state index contributed by atoms with van der Waals surface area (Å²) in [4.78, 5) is 66.0. The number of aliphatic hydroxyl groups excluding tert-OH is 3. The normalized spacial score (nSPS) is 16.1. The number of alkyl halides is 10. The molecule has 20 rings (SSSR count). The number of aromatic nitrogens is 25. The molecule has 3 fully saturated rings. The van der Waals surface area contributed by atoms with Gasteiger partial charge >= 0.3 is 0 Å². The van der Waals surface area contributed by atoms with Crippen molar-refractivity contribution in [1.82, 2.24) is 133 Å². The van der Waals surface area contributed by atoms with E-state index in [0.717, 1.165) is 84.6 Å². The first-order valence-corrected chi connectivity index (χ1v) is 40.3. The number of anilines is 1. The second kappa shape index (κ2) is 39.1. The van der Waals surface area contributed by atoms with E-state index in [1.54, 1.807) is 49.9 Å². The summed E-state index contributed by atoms with van der Waals surface area (Å²) < 4.78 is 142. The van der Waals surface area contributed by atoms with Crippen molar-refractivity contribution in [3.05, 3.63) is 253 Å². The maximum absolute atomic E-state index is 13.0. The molecule has 0 saturated carbocycles. The van der Waals surface area contributed by atoms with Crippen LogP contribution >= 0.6 is 0 Å². The maximum atomic E-state index is 13.0. The second-order valence-corrected chi connectivity index (χ2v) is 29.9. The Morgan fingerprint density at radius 3 is 1.20 bits per heavy atom. The fourth-order valence-corrected chi connectivity index (χ4v) is 14.6. The van der Waals surface area contributed by atoms with E-state index in [9.17, 15) is 59.2 Å². The zero-order valence-corrected chi connectivity index (χ0v) is 68.2. The molecule has 5 N–H and O–H groups in total. The summed E-state index contributed by atoms with van der Waals surface area (Å²) >= 11 is 0. The van der Waals surface area contributed by atoms with Crippen molar-refractivity contribution >= 4 is 34.1 Å². The molecule has 0 radical (unpaired) electrons. The van der Waals surface area contributed by atoms with Crippen molar-refractivity contribution in [2.24, 2.45) is 0 Å². The van der Waals surface area contributed by atoms with Crippen LogP contribution in [0.5, 0.6) is 0 Å². The topological polar surface area (TPSA) is 377 Å². The molecule has 15 aromatic heterocycles. The quantitative estimate of drug-likeness (QED) is 0.0498. The van der Waals surface area contributed by atoms with Crippen LogP contribution in [0, 0.1) is 6.92 Å². The van der Waals surface area contributed by atoms with Crippen LogP contribution in [-0.4, -0.2) is 196 Å². The molecular weight excluding hydrogens is 1680 g/mol. The molecule has 5 atom stereocenters. The summed E-state index contributed by atoms with van der Waals surface area (Å²) in [6, 6.07) is 36.1. The lowest BCUT2D eigenvalue weighted by atomic mass is 9.95. The Labute approximate surface area is 720 Å². The van der Waals surface area contributed by atoms with Crippen LogP contribution in [0.3, 0.4) is 0 Å². The number of piperidine rings is 1. The number of fused-ring (bicyclic) bond motifs is 5. The van der Waals surface area contributed by atoms with Gasteiger partial charge in [0.25, 0.3) is 32.1 Å². The average molecular weight is 1760 g/mol. The Morgan fingerprint density at radius 2 is 0.805 bits per heavy atom. The monoisotopic (exact) mass is 1760 g/mol. The van der Waals surface area contributed by atoms with E-state index < -0.39 is 38.2 Å². The zero-order valence-electron chi connectivity index (χ0n) is 68.2. The molecule has 3 aliphatic rings. The summed E-state index contributed by atoms with van der Waals surface area (Å²) in [5, 5.41) is 55.1. The van der Waals surface area contributed by atoms with E-state index in [-0.39, 0.29) is 53.8 Å². The van der Waals surface area contributed by atoms with Crippen molar-refractivity contribution < 1.29 is 64.0 Å². The number of rotatable bonds is 18. The van der Waals surface area contributed by atoms with Crippen molar-refractivity contribution in [1.29, 1.82) is 0 Å². The smallest absolute Gasteiger partial charge is 0.282 e. The number of hydrogen-bond donors (Lipinski definition) is 5. The minimum Gasteiger partial charge on any atom is -0.394 e. The van der Waals surface area contributed by atoms with Gasteiger partial charge in [0.1, 0.15) is 94.4 Å². The second-order valence-electron chi connectivity index (χ2n) is 29.9. The molecule has 0 amide bonds. The first kappa shape index (κ1) is 87.3. The van der Waals surface area contributed by atoms with E-state index in [4.69, 9.17) is 4.74 Å². The van der Waals surface area contributed by atoms with E-state index in [1.165, 1.54) is 121 Å². The molecular formula is C86H78F10N28O4. The van der Waals surface area contributed by atoms with Gasteiger partial charge in [-0.25, -0.2) is 141 Å². The molecule has 3 saturated heterocycles. The Hall–Kier alpha value is -14.2. The Morgan fingerprint density at radius 1 is 0.414 bits per heavy atom. The number of aryl methyl sites for hydroxylation is 1. The van der Waals surface area contributed by atoms with Crippen LogP contribution < -0.4 is 15.5 Å². The third kappa shape index (κ3) is 19.7. The van der Waals surface area contributed by atoms with Gasteiger partial charge in [-0.05, 0) is 167 Å². The lowest BCUT2D eigenvalue weighted by Gasteiger charge is -2.38. The lowest BCUT2D eigenvalue weighted by molar-refractivity contribution is -0.0105. The van der Waals surface area contributed by atoms with E-state index in [2.05, 4.69) is 111 Å². The Bertz CT molecular complexity index is 6730. The van der Waals surface area contributed by atoms with Gasteiger partial charge in [-0.15, -0.1) is 0 Å². The van der Waals surface area contributed by atoms with Gasteiger partial charge in [-0.2, -0.15) is 25.5 Å². The minimum absolute atomic E-state index is 0.0692. The van der Waals surface area contributed by atoms with Crippen molar-refractivity contribution in [3.63, 3.8) is 0 Å². The molecule has 32 nitrogen and oxygen atoms in total. The number of halogens is 10. The standard InChI is InChI=1S/2C19H15F2N5O.C17H18F2N6O2.C16H16F2N6.C15H14F2N6/c1-11-4-12(9-27)6-13(5-11)15-7-16(24-10-23-15)17-8-22-18-3-2-14(19(20)21)25-26(17)18;1-11(27)12-3-2-4-13(7-12)15-8-16(24-10-23-15)17-9-22-18-6-5-14(19(20)21)25-26(17)18;1-10-8-27-11(7-26)6-24(10)16-4-13(21-9-22-16)14-5-20-15-3-2-12(17(18)19)23-25(14)15;17-16(18)11-3-4-15-20-8-14(24(15)23-11)13-6-12(21-9-22-13)10-2-1-5-19-7-10;16-15(17)10-1-2-14-19-7-13(23(14)22-10)12-5-11(20-8-21-12)9-3-4-18-6-9/h2-8,10,19,27H,9H2,1H3;2-11,19,27H,1H3;2-5,9-11,17,26H,6-8H2,1H3;3-4,6,8-10,16,19H,1-2,5,7H2;1-2,5,7-9,15,18H,3-4,6H2. The molecule has 5 unspecified atom stereocenters. The molecule has 0 bridgehead atoms. The van der Waals surface area contributed by atoms with Crippen LogP contribution in [-0.2, 0) is 11.3 Å². The fourth-order valence-electron chi connectivity index (χ4n) is 14.6. The van der Waals surface area contributed by atoms with E-state index >= 15 is 0 Å². The minimum atomic E-state index is -2.67. The number of morpholine rings is 1. The summed E-state index contributed by atoms with van der Waals surface area (Å²) in [6.45, 7) is 10.2. The maximum Gasteiger partial charge on any atom is 0.282 e. The van der Waals surface area contributed by atoms with Gasteiger partial charge in [0.2, 0.25) is 0 Å². The van der Waals surface area contributed by atoms with Crippen molar-refractivity contribution in [3.8, 4) is 79.5 Å². The largest absolute Gasteiger partial charge is 0.394 e. The summed E-state index contributed by atoms with van der Waals surface area (Å²) in [5.41, 5.74) is 13.6. The van der Waals surface area contributed by atoms with Crippen LogP contribution in [0.4, 0.5) is 49.7 Å².